The van der Waals surface area contributed by atoms with E-state index in [1.165, 1.54) is 12.5 Å². The fourth-order valence-corrected chi connectivity index (χ4v) is 4.47. The fourth-order valence-electron chi connectivity index (χ4n) is 1.84. The lowest BCUT2D eigenvalue weighted by atomic mass is 10.2. The van der Waals surface area contributed by atoms with E-state index in [0.29, 0.717) is 0 Å². The van der Waals surface area contributed by atoms with Crippen LogP contribution in [0.15, 0.2) is 39.4 Å². The summed E-state index contributed by atoms with van der Waals surface area (Å²) in [6, 6.07) is 6.61. The minimum absolute atomic E-state index is 0.0582. The number of carbonyl (C=O) groups is 1. The molecule has 0 aliphatic rings. The van der Waals surface area contributed by atoms with Crippen LogP contribution in [-0.4, -0.2) is 21.5 Å². The third kappa shape index (κ3) is 2.79. The van der Waals surface area contributed by atoms with Crippen LogP contribution in [0.25, 0.3) is 0 Å². The predicted molar refractivity (Wildman–Crippen MR) is 81.3 cm³/mol. The van der Waals surface area contributed by atoms with Gasteiger partial charge < -0.3 is 10.5 Å². The highest BCUT2D eigenvalue weighted by Crippen LogP contribution is 2.33. The molecule has 2 aromatic rings. The molecule has 0 saturated carbocycles. The number of esters is 1. The second-order valence-corrected chi connectivity index (χ2v) is 7.13. The Balaban J connectivity index is 2.49. The van der Waals surface area contributed by atoms with Crippen molar-refractivity contribution in [3.8, 4) is 0 Å². The Morgan fingerprint density at radius 3 is 2.43 bits per heavy atom. The largest absolute Gasteiger partial charge is 0.465 e. The van der Waals surface area contributed by atoms with Crippen LogP contribution in [0.5, 0.6) is 0 Å². The molecule has 2 rings (SSSR count). The maximum absolute atomic E-state index is 12.6. The van der Waals surface area contributed by atoms with E-state index >= 15 is 0 Å². The summed E-state index contributed by atoms with van der Waals surface area (Å²) in [5.41, 5.74) is 6.77. The number of hydrogen-bond donors (Lipinski definition) is 1. The number of methoxy groups -OCH3 is 1. The van der Waals surface area contributed by atoms with Gasteiger partial charge in [0.25, 0.3) is 0 Å². The second kappa shape index (κ2) is 5.87. The van der Waals surface area contributed by atoms with Gasteiger partial charge in [0.05, 0.1) is 17.7 Å². The monoisotopic (exact) mass is 325 g/mol. The summed E-state index contributed by atoms with van der Waals surface area (Å²) in [5.74, 6) is -0.639. The smallest absolute Gasteiger partial charge is 0.350 e. The van der Waals surface area contributed by atoms with Gasteiger partial charge in [-0.1, -0.05) is 19.1 Å². The van der Waals surface area contributed by atoms with Crippen molar-refractivity contribution in [2.24, 2.45) is 0 Å². The van der Waals surface area contributed by atoms with Crippen molar-refractivity contribution < 1.29 is 17.9 Å². The highest BCUT2D eigenvalue weighted by atomic mass is 32.2. The zero-order valence-electron chi connectivity index (χ0n) is 11.6. The Morgan fingerprint density at radius 1 is 1.29 bits per heavy atom. The summed E-state index contributed by atoms with van der Waals surface area (Å²) in [6.45, 7) is 1.99. The summed E-state index contributed by atoms with van der Waals surface area (Å²) < 4.78 is 29.7. The number of thiophene rings is 1. The molecule has 1 aromatic carbocycles. The first-order valence-corrected chi connectivity index (χ1v) is 8.57. The van der Waals surface area contributed by atoms with Gasteiger partial charge in [-0.05, 0) is 24.1 Å². The van der Waals surface area contributed by atoms with E-state index in [4.69, 9.17) is 5.73 Å². The molecule has 0 fully saturated rings. The van der Waals surface area contributed by atoms with Crippen LogP contribution < -0.4 is 5.73 Å². The maximum atomic E-state index is 12.6. The standard InChI is InChI=1S/C14H15NO4S2/c1-3-9-4-6-10(7-5-9)21(17,18)11-8-20-13(12(11)15)14(16)19-2/h4-8H,3,15H2,1-2H3. The second-order valence-electron chi connectivity index (χ2n) is 4.34. The van der Waals surface area contributed by atoms with E-state index in [2.05, 4.69) is 4.74 Å². The Bertz CT molecular complexity index is 761. The number of aryl methyl sites for hydroxylation is 1. The van der Waals surface area contributed by atoms with Gasteiger partial charge in [-0.25, -0.2) is 13.2 Å². The molecule has 0 spiro atoms. The molecule has 21 heavy (non-hydrogen) atoms. The molecule has 0 saturated heterocycles. The van der Waals surface area contributed by atoms with Crippen molar-refractivity contribution in [3.05, 3.63) is 40.1 Å². The SMILES string of the molecule is CCc1ccc(S(=O)(=O)c2csc(C(=O)OC)c2N)cc1. The first kappa shape index (κ1) is 15.5. The van der Waals surface area contributed by atoms with Crippen LogP contribution in [0.2, 0.25) is 0 Å². The molecule has 7 heteroatoms. The molecule has 0 amide bonds. The molecule has 2 N–H and O–H groups in total. The van der Waals surface area contributed by atoms with Crippen molar-refractivity contribution >= 4 is 32.8 Å². The number of anilines is 1. The van der Waals surface area contributed by atoms with Crippen molar-refractivity contribution in [1.82, 2.24) is 0 Å². The van der Waals surface area contributed by atoms with Gasteiger partial charge >= 0.3 is 5.97 Å². The van der Waals surface area contributed by atoms with Gasteiger partial charge in [-0.3, -0.25) is 0 Å². The first-order chi connectivity index (χ1) is 9.91. The number of nitrogen functional groups attached to an aromatic ring is 1. The van der Waals surface area contributed by atoms with Crippen molar-refractivity contribution in [1.29, 1.82) is 0 Å². The maximum Gasteiger partial charge on any atom is 0.350 e. The number of sulfone groups is 1. The van der Waals surface area contributed by atoms with E-state index in [1.807, 2.05) is 6.92 Å². The van der Waals surface area contributed by atoms with Crippen LogP contribution in [0.1, 0.15) is 22.2 Å². The third-order valence-electron chi connectivity index (χ3n) is 3.10. The van der Waals surface area contributed by atoms with E-state index in [9.17, 15) is 13.2 Å². The zero-order valence-corrected chi connectivity index (χ0v) is 13.3. The third-order valence-corrected chi connectivity index (χ3v) is 6.03. The van der Waals surface area contributed by atoms with Crippen molar-refractivity contribution in [2.45, 2.75) is 23.1 Å². The van der Waals surface area contributed by atoms with Crippen LogP contribution in [0.3, 0.4) is 0 Å². The van der Waals surface area contributed by atoms with Gasteiger partial charge in [-0.15, -0.1) is 11.3 Å². The average molecular weight is 325 g/mol. The topological polar surface area (TPSA) is 86.5 Å². The summed E-state index contributed by atoms with van der Waals surface area (Å²) in [7, 11) is -2.52. The van der Waals surface area contributed by atoms with Gasteiger partial charge in [0.15, 0.2) is 0 Å². The predicted octanol–water partition coefficient (Wildman–Crippen LogP) is 2.51. The molecule has 0 aliphatic heterocycles. The number of ether oxygens (including phenoxy) is 1. The van der Waals surface area contributed by atoms with E-state index in [1.54, 1.807) is 24.3 Å². The van der Waals surface area contributed by atoms with Crippen LogP contribution in [0.4, 0.5) is 5.69 Å². The van der Waals surface area contributed by atoms with E-state index < -0.39 is 15.8 Å². The summed E-state index contributed by atoms with van der Waals surface area (Å²) in [5, 5.41) is 1.37. The molecule has 0 atom stereocenters. The lowest BCUT2D eigenvalue weighted by Crippen LogP contribution is -2.07. The summed E-state index contributed by atoms with van der Waals surface area (Å²) in [4.78, 5) is 11.7. The molecule has 0 aliphatic carbocycles. The van der Waals surface area contributed by atoms with Crippen molar-refractivity contribution in [3.63, 3.8) is 0 Å². The quantitative estimate of drug-likeness (QED) is 0.873. The number of rotatable bonds is 4. The van der Waals surface area contributed by atoms with E-state index in [-0.39, 0.29) is 20.4 Å². The minimum Gasteiger partial charge on any atom is -0.465 e. The molecule has 1 heterocycles. The Morgan fingerprint density at radius 2 is 1.90 bits per heavy atom. The Labute approximate surface area is 127 Å². The molecule has 112 valence electrons. The Hall–Kier alpha value is -1.86. The average Bonchev–Trinajstić information content (AvgIpc) is 2.89. The highest BCUT2D eigenvalue weighted by Gasteiger charge is 2.26. The molecule has 0 unspecified atom stereocenters. The highest BCUT2D eigenvalue weighted by molar-refractivity contribution is 7.91. The van der Waals surface area contributed by atoms with Gasteiger partial charge in [0.2, 0.25) is 9.84 Å². The zero-order chi connectivity index (χ0) is 15.6. The number of hydrogen-bond acceptors (Lipinski definition) is 6. The van der Waals surface area contributed by atoms with Gasteiger partial charge in [0.1, 0.15) is 9.77 Å². The fraction of sp³-hybridized carbons (Fsp3) is 0.214. The summed E-state index contributed by atoms with van der Waals surface area (Å²) in [6.07, 6.45) is 0.827. The van der Waals surface area contributed by atoms with Crippen molar-refractivity contribution in [2.75, 3.05) is 12.8 Å². The Kier molecular flexibility index (Phi) is 4.34. The van der Waals surface area contributed by atoms with Crippen LogP contribution in [-0.2, 0) is 21.0 Å². The van der Waals surface area contributed by atoms with E-state index in [0.717, 1.165) is 23.3 Å². The van der Waals surface area contributed by atoms with Gasteiger partial charge in [-0.2, -0.15) is 0 Å². The molecular weight excluding hydrogens is 310 g/mol. The van der Waals surface area contributed by atoms with Gasteiger partial charge in [0, 0.05) is 5.38 Å². The molecule has 1 aromatic heterocycles. The minimum atomic E-state index is -3.74. The molecule has 0 bridgehead atoms. The molecule has 5 nitrogen and oxygen atoms in total. The number of nitrogens with two attached hydrogens (primary N) is 1. The number of carbonyl (C=O) groups excluding carboxylic acids is 1. The summed E-state index contributed by atoms with van der Waals surface area (Å²) >= 11 is 0.959. The van der Waals surface area contributed by atoms with Crippen LogP contribution in [0, 0.1) is 0 Å². The number of benzene rings is 1. The lowest BCUT2D eigenvalue weighted by Gasteiger charge is -2.05. The lowest BCUT2D eigenvalue weighted by molar-refractivity contribution is 0.0607. The first-order valence-electron chi connectivity index (χ1n) is 6.21. The molecule has 0 radical (unpaired) electrons. The normalized spacial score (nSPS) is 11.3. The van der Waals surface area contributed by atoms with Crippen LogP contribution >= 0.6 is 11.3 Å². The molecular formula is C14H15NO4S2.